The number of carbonyl (C=O) groups excluding carboxylic acids is 1. The molecule has 108 valence electrons. The molecule has 0 saturated carbocycles. The molecule has 0 aliphatic carbocycles. The van der Waals surface area contributed by atoms with Crippen LogP contribution in [-0.2, 0) is 11.2 Å². The van der Waals surface area contributed by atoms with E-state index in [0.717, 1.165) is 18.8 Å². The fraction of sp³-hybridized carbons (Fsp3) is 0.500. The van der Waals surface area contributed by atoms with E-state index in [-0.39, 0.29) is 18.1 Å². The van der Waals surface area contributed by atoms with E-state index in [4.69, 9.17) is 0 Å². The monoisotopic (exact) mass is 275 g/mol. The molecule has 1 amide bonds. The van der Waals surface area contributed by atoms with Gasteiger partial charge in [0.2, 0.25) is 5.91 Å². The van der Waals surface area contributed by atoms with E-state index in [0.29, 0.717) is 6.54 Å². The van der Waals surface area contributed by atoms with E-state index in [9.17, 15) is 4.79 Å². The molecule has 20 heavy (non-hydrogen) atoms. The van der Waals surface area contributed by atoms with Crippen molar-refractivity contribution in [3.8, 4) is 0 Å². The number of fused-ring (bicyclic) bond motifs is 1. The molecule has 1 saturated heterocycles. The largest absolute Gasteiger partial charge is 0.373 e. The van der Waals surface area contributed by atoms with Gasteiger partial charge in [-0.3, -0.25) is 10.1 Å². The first-order valence-electron chi connectivity index (χ1n) is 6.97. The molecule has 2 aliphatic rings. The van der Waals surface area contributed by atoms with Gasteiger partial charge in [-0.05, 0) is 18.1 Å². The molecule has 1 fully saturated rings. The molecule has 4 N–H and O–H groups in total. The van der Waals surface area contributed by atoms with Crippen LogP contribution < -0.4 is 21.4 Å². The molecule has 0 bridgehead atoms. The third-order valence-corrected chi connectivity index (χ3v) is 4.02. The predicted molar refractivity (Wildman–Crippen MR) is 78.0 cm³/mol. The van der Waals surface area contributed by atoms with Gasteiger partial charge < -0.3 is 10.6 Å². The number of aryl methyl sites for hydroxylation is 1. The molecule has 2 heterocycles. The summed E-state index contributed by atoms with van der Waals surface area (Å²) in [6.07, 6.45) is 0.902. The minimum Gasteiger partial charge on any atom is -0.373 e. The molecule has 2 unspecified atom stereocenters. The van der Waals surface area contributed by atoms with Gasteiger partial charge in [0.15, 0.2) is 0 Å². The Morgan fingerprint density at radius 2 is 2.35 bits per heavy atom. The van der Waals surface area contributed by atoms with Crippen LogP contribution in [0.15, 0.2) is 18.2 Å². The molecule has 6 heteroatoms. The summed E-state index contributed by atoms with van der Waals surface area (Å²) in [5, 5.41) is 11.6. The molecule has 1 aromatic carbocycles. The lowest BCUT2D eigenvalue weighted by Gasteiger charge is -2.20. The number of nitrogens with one attached hydrogen (secondary N) is 4. The number of amides is 1. The van der Waals surface area contributed by atoms with E-state index >= 15 is 0 Å². The van der Waals surface area contributed by atoms with Crippen molar-refractivity contribution < 1.29 is 4.79 Å². The van der Waals surface area contributed by atoms with Gasteiger partial charge in [-0.1, -0.05) is 18.2 Å². The van der Waals surface area contributed by atoms with Crippen LogP contribution in [0, 0.1) is 6.92 Å². The Kier molecular flexibility index (Phi) is 3.60. The zero-order valence-electron chi connectivity index (χ0n) is 11.9. The second kappa shape index (κ2) is 5.40. The fourth-order valence-electron chi connectivity index (χ4n) is 2.77. The number of hydrogen-bond acceptors (Lipinski definition) is 5. The zero-order chi connectivity index (χ0) is 14.1. The number of likely N-dealkylation sites (N-methyl/N-ethyl adjacent to an activating group) is 1. The van der Waals surface area contributed by atoms with Crippen LogP contribution in [0.25, 0.3) is 0 Å². The molecular formula is C14H21N5O. The Balaban J connectivity index is 1.56. The first-order valence-corrected chi connectivity index (χ1v) is 6.97. The average molecular weight is 275 g/mol. The van der Waals surface area contributed by atoms with Gasteiger partial charge in [-0.25, -0.2) is 10.4 Å². The van der Waals surface area contributed by atoms with Gasteiger partial charge in [-0.2, -0.15) is 0 Å². The highest BCUT2D eigenvalue weighted by Gasteiger charge is 2.28. The molecule has 0 aromatic heterocycles. The molecule has 2 aliphatic heterocycles. The Labute approximate surface area is 118 Å². The molecule has 1 aromatic rings. The lowest BCUT2D eigenvalue weighted by Crippen LogP contribution is -2.48. The fourth-order valence-corrected chi connectivity index (χ4v) is 2.77. The molecule has 0 spiro atoms. The number of para-hydroxylation sites is 1. The van der Waals surface area contributed by atoms with Crippen LogP contribution in [0.1, 0.15) is 11.1 Å². The van der Waals surface area contributed by atoms with E-state index in [1.807, 2.05) is 18.1 Å². The zero-order valence-corrected chi connectivity index (χ0v) is 11.9. The van der Waals surface area contributed by atoms with Crippen LogP contribution in [0.2, 0.25) is 0 Å². The summed E-state index contributed by atoms with van der Waals surface area (Å²) < 4.78 is 0. The third-order valence-electron chi connectivity index (χ3n) is 4.02. The Morgan fingerprint density at radius 3 is 3.05 bits per heavy atom. The summed E-state index contributed by atoms with van der Waals surface area (Å²) in [6, 6.07) is 6.03. The van der Waals surface area contributed by atoms with E-state index in [1.54, 1.807) is 0 Å². The minimum absolute atomic E-state index is 0.0581. The molecule has 2 atom stereocenters. The SMILES string of the molecule is Cc1cccc2c1NC(C(=O)NCC1NCNN1C)C2. The third kappa shape index (κ3) is 2.49. The van der Waals surface area contributed by atoms with Crippen LogP contribution >= 0.6 is 0 Å². The maximum absolute atomic E-state index is 12.2. The van der Waals surface area contributed by atoms with Gasteiger partial charge in [0.05, 0.1) is 12.8 Å². The molecular weight excluding hydrogens is 254 g/mol. The lowest BCUT2D eigenvalue weighted by atomic mass is 10.1. The molecule has 3 rings (SSSR count). The smallest absolute Gasteiger partial charge is 0.242 e. The van der Waals surface area contributed by atoms with Crippen molar-refractivity contribution in [3.05, 3.63) is 29.3 Å². The second-order valence-corrected chi connectivity index (χ2v) is 5.42. The topological polar surface area (TPSA) is 68.4 Å². The number of hydrazine groups is 1. The molecule has 6 nitrogen and oxygen atoms in total. The Bertz CT molecular complexity index is 518. The number of nitrogens with zero attached hydrogens (tertiary/aromatic N) is 1. The first-order chi connectivity index (χ1) is 9.65. The summed E-state index contributed by atoms with van der Waals surface area (Å²) in [7, 11) is 1.96. The Hall–Kier alpha value is -1.63. The van der Waals surface area contributed by atoms with Crippen LogP contribution in [-0.4, -0.2) is 43.4 Å². The maximum atomic E-state index is 12.2. The van der Waals surface area contributed by atoms with Gasteiger partial charge in [0.1, 0.15) is 6.04 Å². The first kappa shape index (κ1) is 13.4. The van der Waals surface area contributed by atoms with Crippen LogP contribution in [0.5, 0.6) is 0 Å². The van der Waals surface area contributed by atoms with E-state index in [1.165, 1.54) is 11.1 Å². The van der Waals surface area contributed by atoms with Crippen molar-refractivity contribution >= 4 is 11.6 Å². The predicted octanol–water partition coefficient (Wildman–Crippen LogP) is -0.229. The van der Waals surface area contributed by atoms with Gasteiger partial charge in [0, 0.05) is 25.7 Å². The van der Waals surface area contributed by atoms with Crippen LogP contribution in [0.4, 0.5) is 5.69 Å². The summed E-state index contributed by atoms with van der Waals surface area (Å²) in [6.45, 7) is 3.40. The average Bonchev–Trinajstić information content (AvgIpc) is 3.03. The number of carbonyl (C=O) groups is 1. The van der Waals surface area contributed by atoms with Crippen molar-refractivity contribution in [2.24, 2.45) is 0 Å². The lowest BCUT2D eigenvalue weighted by molar-refractivity contribution is -0.121. The molecule has 0 radical (unpaired) electrons. The number of anilines is 1. The maximum Gasteiger partial charge on any atom is 0.242 e. The summed E-state index contributed by atoms with van der Waals surface area (Å²) >= 11 is 0. The highest BCUT2D eigenvalue weighted by atomic mass is 16.2. The summed E-state index contributed by atoms with van der Waals surface area (Å²) in [5.74, 6) is 0.0581. The standard InChI is InChI=1S/C14H21N5O/c1-9-4-3-5-10-6-11(18-13(9)10)14(20)15-7-12-16-8-17-19(12)2/h3-5,11-12,16-18H,6-8H2,1-2H3,(H,15,20). The van der Waals surface area contributed by atoms with Crippen molar-refractivity contribution in [2.45, 2.75) is 25.6 Å². The van der Waals surface area contributed by atoms with Gasteiger partial charge in [0.25, 0.3) is 0 Å². The van der Waals surface area contributed by atoms with E-state index < -0.39 is 0 Å². The number of rotatable bonds is 3. The second-order valence-electron chi connectivity index (χ2n) is 5.42. The van der Waals surface area contributed by atoms with Crippen LogP contribution in [0.3, 0.4) is 0 Å². The highest BCUT2D eigenvalue weighted by molar-refractivity contribution is 5.87. The highest BCUT2D eigenvalue weighted by Crippen LogP contribution is 2.28. The summed E-state index contributed by atoms with van der Waals surface area (Å²) in [5.41, 5.74) is 6.67. The van der Waals surface area contributed by atoms with Crippen molar-refractivity contribution in [1.29, 1.82) is 0 Å². The van der Waals surface area contributed by atoms with Crippen molar-refractivity contribution in [2.75, 3.05) is 25.6 Å². The van der Waals surface area contributed by atoms with Gasteiger partial charge in [-0.15, -0.1) is 0 Å². The number of benzene rings is 1. The normalized spacial score (nSPS) is 25.3. The summed E-state index contributed by atoms with van der Waals surface area (Å²) in [4.78, 5) is 12.2. The van der Waals surface area contributed by atoms with Crippen molar-refractivity contribution in [3.63, 3.8) is 0 Å². The minimum atomic E-state index is -0.161. The Morgan fingerprint density at radius 1 is 1.50 bits per heavy atom. The number of hydrogen-bond donors (Lipinski definition) is 4. The van der Waals surface area contributed by atoms with Gasteiger partial charge >= 0.3 is 0 Å². The van der Waals surface area contributed by atoms with E-state index in [2.05, 4.69) is 40.4 Å². The quantitative estimate of drug-likeness (QED) is 0.614. The van der Waals surface area contributed by atoms with Crippen molar-refractivity contribution in [1.82, 2.24) is 21.1 Å².